The van der Waals surface area contributed by atoms with Crippen molar-refractivity contribution in [3.8, 4) is 5.75 Å². The average molecular weight is 332 g/mol. The van der Waals surface area contributed by atoms with Gasteiger partial charge >= 0.3 is 5.97 Å². The standard InChI is InChI=1S/C18H24N2O4/c1-4-6-8-13(18(22)23)11-14(21)16-12(3)19-17-15(24-5-2)9-7-10-20(16)17/h7,9-10,13H,4-6,8,11H2,1-3H3,(H,22,23). The summed E-state index contributed by atoms with van der Waals surface area (Å²) in [6, 6.07) is 3.60. The highest BCUT2D eigenvalue weighted by atomic mass is 16.5. The van der Waals surface area contributed by atoms with Crippen molar-refractivity contribution in [1.29, 1.82) is 0 Å². The zero-order chi connectivity index (χ0) is 17.7. The number of ether oxygens (including phenoxy) is 1. The maximum Gasteiger partial charge on any atom is 0.306 e. The second kappa shape index (κ2) is 7.95. The summed E-state index contributed by atoms with van der Waals surface area (Å²) in [6.07, 6.45) is 3.96. The maximum absolute atomic E-state index is 12.7. The molecule has 0 radical (unpaired) electrons. The van der Waals surface area contributed by atoms with Crippen molar-refractivity contribution in [1.82, 2.24) is 9.38 Å². The lowest BCUT2D eigenvalue weighted by atomic mass is 9.95. The summed E-state index contributed by atoms with van der Waals surface area (Å²) < 4.78 is 7.25. The predicted molar refractivity (Wildman–Crippen MR) is 90.7 cm³/mol. The number of aryl methyl sites for hydroxylation is 1. The summed E-state index contributed by atoms with van der Waals surface area (Å²) in [7, 11) is 0. The van der Waals surface area contributed by atoms with E-state index in [1.165, 1.54) is 0 Å². The van der Waals surface area contributed by atoms with Crippen LogP contribution in [0.15, 0.2) is 18.3 Å². The first-order valence-electron chi connectivity index (χ1n) is 8.36. The number of nitrogens with zero attached hydrogens (tertiary/aromatic N) is 2. The number of ketones is 1. The second-order valence-corrected chi connectivity index (χ2v) is 5.85. The number of Topliss-reactive ketones (excluding diaryl/α,β-unsaturated/α-hetero) is 1. The quantitative estimate of drug-likeness (QED) is 0.711. The monoisotopic (exact) mass is 332 g/mol. The Bertz CT molecular complexity index is 736. The third-order valence-electron chi connectivity index (χ3n) is 4.04. The van der Waals surface area contributed by atoms with Crippen molar-refractivity contribution in [2.75, 3.05) is 6.61 Å². The van der Waals surface area contributed by atoms with Gasteiger partial charge < -0.3 is 9.84 Å². The minimum Gasteiger partial charge on any atom is -0.490 e. The van der Waals surface area contributed by atoms with Crippen LogP contribution in [0.1, 0.15) is 55.7 Å². The van der Waals surface area contributed by atoms with E-state index in [-0.39, 0.29) is 12.2 Å². The Labute approximate surface area is 141 Å². The van der Waals surface area contributed by atoms with E-state index in [4.69, 9.17) is 4.74 Å². The van der Waals surface area contributed by atoms with Crippen molar-refractivity contribution in [2.45, 2.75) is 46.5 Å². The van der Waals surface area contributed by atoms with Crippen molar-refractivity contribution >= 4 is 17.4 Å². The SMILES string of the molecule is CCCCC(CC(=O)c1c(C)nc2c(OCC)cccn12)C(=O)O. The van der Waals surface area contributed by atoms with Crippen molar-refractivity contribution < 1.29 is 19.4 Å². The summed E-state index contributed by atoms with van der Waals surface area (Å²) in [5, 5.41) is 9.35. The first kappa shape index (κ1) is 18.0. The molecule has 2 rings (SSSR count). The topological polar surface area (TPSA) is 80.9 Å². The van der Waals surface area contributed by atoms with Gasteiger partial charge in [-0.25, -0.2) is 4.98 Å². The first-order chi connectivity index (χ1) is 11.5. The molecule has 0 aliphatic heterocycles. The van der Waals surface area contributed by atoms with Gasteiger partial charge in [-0.3, -0.25) is 14.0 Å². The van der Waals surface area contributed by atoms with E-state index in [0.717, 1.165) is 12.8 Å². The fourth-order valence-electron chi connectivity index (χ4n) is 2.84. The molecule has 0 fully saturated rings. The molecule has 2 heterocycles. The Morgan fingerprint density at radius 3 is 2.75 bits per heavy atom. The fraction of sp³-hybridized carbons (Fsp3) is 0.500. The van der Waals surface area contributed by atoms with E-state index in [9.17, 15) is 14.7 Å². The van der Waals surface area contributed by atoms with Crippen molar-refractivity contribution in [2.24, 2.45) is 5.92 Å². The number of carboxylic acid groups (broad SMARTS) is 1. The predicted octanol–water partition coefficient (Wildman–Crippen LogP) is 3.51. The van der Waals surface area contributed by atoms with Crippen molar-refractivity contribution in [3.63, 3.8) is 0 Å². The molecular weight excluding hydrogens is 308 g/mol. The Balaban J connectivity index is 2.33. The number of aliphatic carboxylic acids is 1. The Morgan fingerprint density at radius 2 is 2.12 bits per heavy atom. The molecule has 2 aromatic heterocycles. The van der Waals surface area contributed by atoms with E-state index in [1.54, 1.807) is 29.7 Å². The number of aromatic nitrogens is 2. The number of carbonyl (C=O) groups excluding carboxylic acids is 1. The van der Waals surface area contributed by atoms with Crippen LogP contribution in [-0.4, -0.2) is 32.9 Å². The van der Waals surface area contributed by atoms with Gasteiger partial charge in [0.05, 0.1) is 18.2 Å². The second-order valence-electron chi connectivity index (χ2n) is 5.85. The maximum atomic E-state index is 12.7. The number of carbonyl (C=O) groups is 2. The zero-order valence-corrected chi connectivity index (χ0v) is 14.4. The number of unbranched alkanes of at least 4 members (excludes halogenated alkanes) is 1. The normalized spacial score (nSPS) is 12.3. The Hall–Kier alpha value is -2.37. The number of hydrogen-bond acceptors (Lipinski definition) is 4. The average Bonchev–Trinajstić information content (AvgIpc) is 2.88. The van der Waals surface area contributed by atoms with Gasteiger partial charge in [0, 0.05) is 12.6 Å². The van der Waals surface area contributed by atoms with Gasteiger partial charge in [-0.1, -0.05) is 19.8 Å². The highest BCUT2D eigenvalue weighted by Gasteiger charge is 2.25. The van der Waals surface area contributed by atoms with E-state index in [2.05, 4.69) is 4.98 Å². The molecule has 1 atom stereocenters. The van der Waals surface area contributed by atoms with E-state index in [0.29, 0.717) is 35.8 Å². The number of pyridine rings is 1. The van der Waals surface area contributed by atoms with E-state index in [1.807, 2.05) is 13.8 Å². The van der Waals surface area contributed by atoms with Gasteiger partial charge in [-0.2, -0.15) is 0 Å². The van der Waals surface area contributed by atoms with Gasteiger partial charge in [0.1, 0.15) is 5.69 Å². The Kier molecular flexibility index (Phi) is 5.95. The molecule has 0 spiro atoms. The van der Waals surface area contributed by atoms with Gasteiger partial charge in [-0.05, 0) is 32.4 Å². The molecule has 0 amide bonds. The summed E-state index contributed by atoms with van der Waals surface area (Å²) in [5.74, 6) is -1.16. The molecule has 0 aliphatic carbocycles. The number of hydrogen-bond donors (Lipinski definition) is 1. The van der Waals surface area contributed by atoms with Gasteiger partial charge in [0.25, 0.3) is 0 Å². The van der Waals surface area contributed by atoms with E-state index >= 15 is 0 Å². The lowest BCUT2D eigenvalue weighted by molar-refractivity contribution is -0.141. The molecular formula is C18H24N2O4. The number of fused-ring (bicyclic) bond motifs is 1. The number of rotatable bonds is 9. The number of imidazole rings is 1. The van der Waals surface area contributed by atoms with Crippen molar-refractivity contribution in [3.05, 3.63) is 29.7 Å². The van der Waals surface area contributed by atoms with Gasteiger partial charge in [-0.15, -0.1) is 0 Å². The lowest BCUT2D eigenvalue weighted by Crippen LogP contribution is -2.19. The Morgan fingerprint density at radius 1 is 1.38 bits per heavy atom. The molecule has 0 saturated heterocycles. The van der Waals surface area contributed by atoms with E-state index < -0.39 is 11.9 Å². The highest BCUT2D eigenvalue weighted by molar-refractivity contribution is 5.98. The molecule has 0 aromatic carbocycles. The van der Waals surface area contributed by atoms with Crippen LogP contribution in [0.5, 0.6) is 5.75 Å². The van der Waals surface area contributed by atoms with Crippen LogP contribution >= 0.6 is 0 Å². The van der Waals surface area contributed by atoms with Crippen LogP contribution in [0.25, 0.3) is 5.65 Å². The fourth-order valence-corrected chi connectivity index (χ4v) is 2.84. The van der Waals surface area contributed by atoms with Crippen LogP contribution in [0.4, 0.5) is 0 Å². The lowest BCUT2D eigenvalue weighted by Gasteiger charge is -2.11. The minimum atomic E-state index is -0.918. The third kappa shape index (κ3) is 3.75. The van der Waals surface area contributed by atoms with Gasteiger partial charge in [0.2, 0.25) is 0 Å². The van der Waals surface area contributed by atoms with Crippen LogP contribution in [-0.2, 0) is 4.79 Å². The molecule has 0 saturated carbocycles. The minimum absolute atomic E-state index is 0.0111. The summed E-state index contributed by atoms with van der Waals surface area (Å²) in [4.78, 5) is 28.6. The number of carboxylic acids is 1. The molecule has 24 heavy (non-hydrogen) atoms. The molecule has 6 heteroatoms. The molecule has 1 N–H and O–H groups in total. The molecule has 6 nitrogen and oxygen atoms in total. The molecule has 0 aliphatic rings. The molecule has 130 valence electrons. The molecule has 2 aromatic rings. The zero-order valence-electron chi connectivity index (χ0n) is 14.4. The van der Waals surface area contributed by atoms with Crippen LogP contribution < -0.4 is 4.74 Å². The van der Waals surface area contributed by atoms with Crippen LogP contribution in [0, 0.1) is 12.8 Å². The van der Waals surface area contributed by atoms with Crippen LogP contribution in [0.3, 0.4) is 0 Å². The van der Waals surface area contributed by atoms with Crippen LogP contribution in [0.2, 0.25) is 0 Å². The molecule has 1 unspecified atom stereocenters. The summed E-state index contributed by atoms with van der Waals surface area (Å²) in [5.41, 5.74) is 1.61. The van der Waals surface area contributed by atoms with Gasteiger partial charge in [0.15, 0.2) is 17.2 Å². The highest BCUT2D eigenvalue weighted by Crippen LogP contribution is 2.24. The summed E-state index contributed by atoms with van der Waals surface area (Å²) in [6.45, 7) is 6.16. The largest absolute Gasteiger partial charge is 0.490 e. The first-order valence-corrected chi connectivity index (χ1v) is 8.36. The smallest absolute Gasteiger partial charge is 0.306 e. The molecule has 0 bridgehead atoms. The third-order valence-corrected chi connectivity index (χ3v) is 4.04. The summed E-state index contributed by atoms with van der Waals surface area (Å²) >= 11 is 0.